The number of benzene rings is 2. The number of Topliss-reactive ketones (excluding diaryl/α,β-unsaturated/α-hetero) is 1. The van der Waals surface area contributed by atoms with Gasteiger partial charge in [0.2, 0.25) is 6.04 Å². The molecule has 0 aliphatic rings. The van der Waals surface area contributed by atoms with E-state index >= 15 is 0 Å². The summed E-state index contributed by atoms with van der Waals surface area (Å²) < 4.78 is 7.42. The molecule has 0 fully saturated rings. The minimum atomic E-state index is -2.15. The second-order valence-corrected chi connectivity index (χ2v) is 7.56. The third kappa shape index (κ3) is 5.29. The van der Waals surface area contributed by atoms with Gasteiger partial charge in [0.25, 0.3) is 17.6 Å². The molecule has 5 N–H and O–H groups in total. The van der Waals surface area contributed by atoms with E-state index in [1.807, 2.05) is 47.1 Å². The third-order valence-corrected chi connectivity index (χ3v) is 5.29. The predicted octanol–water partition coefficient (Wildman–Crippen LogP) is 0.953. The first kappa shape index (κ1) is 25.0. The summed E-state index contributed by atoms with van der Waals surface area (Å²) in [4.78, 5) is 58.9. The normalized spacial score (nSPS) is 10.8. The number of ketones is 1. The van der Waals surface area contributed by atoms with Crippen molar-refractivity contribution < 1.29 is 38.9 Å². The number of amides is 2. The van der Waals surface area contributed by atoms with E-state index in [1.54, 1.807) is 12.1 Å². The molecule has 11 heteroatoms. The quantitative estimate of drug-likeness (QED) is 0.178. The van der Waals surface area contributed by atoms with E-state index in [0.717, 1.165) is 5.56 Å². The number of carboxylic acids is 2. The fraction of sp³-hybridized carbons (Fsp3) is 0.208. The lowest BCUT2D eigenvalue weighted by atomic mass is 10.0. The highest BCUT2D eigenvalue weighted by molar-refractivity contribution is 6.45. The Bertz CT molecular complexity index is 1300. The summed E-state index contributed by atoms with van der Waals surface area (Å²) in [6, 6.07) is 12.1. The Balaban J connectivity index is 2.05. The number of hydrogen-bond donors (Lipinski definition) is 4. The molecule has 2 amide bonds. The monoisotopic (exact) mass is 481 g/mol. The molecule has 3 aromatic rings. The van der Waals surface area contributed by atoms with Gasteiger partial charge >= 0.3 is 11.9 Å². The first-order valence-corrected chi connectivity index (χ1v) is 10.6. The zero-order valence-corrected chi connectivity index (χ0v) is 18.7. The molecule has 0 unspecified atom stereocenters. The zero-order valence-electron chi connectivity index (χ0n) is 18.7. The molecule has 35 heavy (non-hydrogen) atoms. The summed E-state index contributed by atoms with van der Waals surface area (Å²) in [5.41, 5.74) is 7.41. The number of carbonyl (C=O) groups is 5. The van der Waals surface area contributed by atoms with Gasteiger partial charge in [0, 0.05) is 12.2 Å². The van der Waals surface area contributed by atoms with Crippen molar-refractivity contribution in [3.63, 3.8) is 0 Å². The number of aliphatic carboxylic acids is 2. The van der Waals surface area contributed by atoms with Crippen LogP contribution in [0.5, 0.6) is 5.75 Å². The maximum Gasteiger partial charge on any atom is 0.338 e. The van der Waals surface area contributed by atoms with Gasteiger partial charge < -0.3 is 30.6 Å². The van der Waals surface area contributed by atoms with E-state index in [-0.39, 0.29) is 16.7 Å². The van der Waals surface area contributed by atoms with Crippen LogP contribution in [0.3, 0.4) is 0 Å². The highest BCUT2D eigenvalue weighted by atomic mass is 16.5. The molecule has 0 spiro atoms. The summed E-state index contributed by atoms with van der Waals surface area (Å²) in [7, 11) is 0. The second kappa shape index (κ2) is 10.5. The maximum atomic E-state index is 12.8. The van der Waals surface area contributed by atoms with Crippen LogP contribution in [0.4, 0.5) is 0 Å². The molecule has 0 aliphatic heterocycles. The van der Waals surface area contributed by atoms with Crippen LogP contribution in [0.25, 0.3) is 10.9 Å². The average Bonchev–Trinajstić information content (AvgIpc) is 3.14. The number of fused-ring (bicyclic) bond motifs is 1. The molecule has 1 heterocycles. The van der Waals surface area contributed by atoms with E-state index in [4.69, 9.17) is 20.7 Å². The standard InChI is InChI=1S/C24H23N3O8/c1-2-14-19(21(29)22(25)30)18-15(27(14)11-13-7-4-3-5-8-13)9-6-10-16(18)35-12-17(28)26-20(23(31)32)24(33)34/h3-10,20H,2,11-12H2,1H3,(H2,25,30)(H,26,28)(H,31,32)(H,33,34). The van der Waals surface area contributed by atoms with E-state index in [2.05, 4.69) is 0 Å². The Morgan fingerprint density at radius 3 is 2.23 bits per heavy atom. The van der Waals surface area contributed by atoms with Gasteiger partial charge in [-0.05, 0) is 24.1 Å². The van der Waals surface area contributed by atoms with Gasteiger partial charge in [-0.2, -0.15) is 0 Å². The third-order valence-electron chi connectivity index (χ3n) is 5.29. The van der Waals surface area contributed by atoms with Crippen LogP contribution in [0.15, 0.2) is 48.5 Å². The number of ether oxygens (including phenoxy) is 1. The number of nitrogens with two attached hydrogens (primary N) is 1. The fourth-order valence-electron chi connectivity index (χ4n) is 3.80. The molecular weight excluding hydrogens is 458 g/mol. The largest absolute Gasteiger partial charge is 0.483 e. The van der Waals surface area contributed by atoms with E-state index in [0.29, 0.717) is 24.2 Å². The Morgan fingerprint density at radius 2 is 1.66 bits per heavy atom. The number of aromatic nitrogens is 1. The fourth-order valence-corrected chi connectivity index (χ4v) is 3.80. The van der Waals surface area contributed by atoms with Crippen molar-refractivity contribution in [1.29, 1.82) is 0 Å². The van der Waals surface area contributed by atoms with Gasteiger partial charge in [0.15, 0.2) is 6.61 Å². The summed E-state index contributed by atoms with van der Waals surface area (Å²) in [5.74, 6) is -6.49. The van der Waals surface area contributed by atoms with Gasteiger partial charge in [-0.25, -0.2) is 9.59 Å². The van der Waals surface area contributed by atoms with Crippen molar-refractivity contribution in [3.05, 3.63) is 65.4 Å². The lowest BCUT2D eigenvalue weighted by molar-refractivity contribution is -0.153. The van der Waals surface area contributed by atoms with Crippen molar-refractivity contribution in [2.75, 3.05) is 6.61 Å². The molecule has 0 saturated carbocycles. The molecule has 2 aromatic carbocycles. The summed E-state index contributed by atoms with van der Waals surface area (Å²) >= 11 is 0. The van der Waals surface area contributed by atoms with Crippen LogP contribution in [0.1, 0.15) is 28.5 Å². The van der Waals surface area contributed by atoms with Crippen molar-refractivity contribution in [2.24, 2.45) is 5.73 Å². The molecular formula is C24H23N3O8. The Morgan fingerprint density at radius 1 is 1.00 bits per heavy atom. The van der Waals surface area contributed by atoms with Gasteiger partial charge in [-0.3, -0.25) is 14.4 Å². The Kier molecular flexibility index (Phi) is 7.49. The number of primary amides is 1. The smallest absolute Gasteiger partial charge is 0.338 e. The SMILES string of the molecule is CCc1c(C(=O)C(N)=O)c2c(OCC(=O)NC(C(=O)O)C(=O)O)cccc2n1Cc1ccccc1. The van der Waals surface area contributed by atoms with Crippen molar-refractivity contribution >= 4 is 40.4 Å². The summed E-state index contributed by atoms with van der Waals surface area (Å²) in [5, 5.41) is 20.0. The Labute approximate surface area is 199 Å². The maximum absolute atomic E-state index is 12.8. The van der Waals surface area contributed by atoms with Crippen molar-refractivity contribution in [1.82, 2.24) is 9.88 Å². The molecule has 0 bridgehead atoms. The van der Waals surface area contributed by atoms with Crippen molar-refractivity contribution in [3.8, 4) is 5.75 Å². The predicted molar refractivity (Wildman–Crippen MR) is 123 cm³/mol. The molecule has 1 aromatic heterocycles. The number of nitrogens with zero attached hydrogens (tertiary/aromatic N) is 1. The number of rotatable bonds is 11. The van der Waals surface area contributed by atoms with Gasteiger partial charge in [-0.15, -0.1) is 0 Å². The minimum absolute atomic E-state index is 0.0517. The van der Waals surface area contributed by atoms with Gasteiger partial charge in [0.1, 0.15) is 5.75 Å². The van der Waals surface area contributed by atoms with Crippen LogP contribution in [0, 0.1) is 0 Å². The van der Waals surface area contributed by atoms with Crippen LogP contribution in [-0.4, -0.2) is 57.0 Å². The first-order valence-electron chi connectivity index (χ1n) is 10.6. The van der Waals surface area contributed by atoms with E-state index in [1.165, 1.54) is 6.07 Å². The molecule has 182 valence electrons. The number of carbonyl (C=O) groups excluding carboxylic acids is 3. The van der Waals surface area contributed by atoms with Crippen LogP contribution >= 0.6 is 0 Å². The van der Waals surface area contributed by atoms with Gasteiger partial charge in [-0.1, -0.05) is 43.3 Å². The number of nitrogens with one attached hydrogen (secondary N) is 1. The topological polar surface area (TPSA) is 178 Å². The molecule has 0 saturated heterocycles. The average molecular weight is 481 g/mol. The van der Waals surface area contributed by atoms with Crippen LogP contribution < -0.4 is 15.8 Å². The highest BCUT2D eigenvalue weighted by Gasteiger charge is 2.29. The number of carboxylic acid groups (broad SMARTS) is 2. The first-order chi connectivity index (χ1) is 16.6. The lowest BCUT2D eigenvalue weighted by Gasteiger charge is -2.12. The zero-order chi connectivity index (χ0) is 25.7. The van der Waals surface area contributed by atoms with Crippen molar-refractivity contribution in [2.45, 2.75) is 25.9 Å². The summed E-state index contributed by atoms with van der Waals surface area (Å²) in [6.45, 7) is 1.47. The molecule has 0 aliphatic carbocycles. The summed E-state index contributed by atoms with van der Waals surface area (Å²) in [6.07, 6.45) is 0.384. The Hall–Kier alpha value is -4.67. The molecule has 3 rings (SSSR count). The molecule has 0 atom stereocenters. The number of hydrogen-bond acceptors (Lipinski definition) is 6. The van der Waals surface area contributed by atoms with E-state index in [9.17, 15) is 24.0 Å². The molecule has 11 nitrogen and oxygen atoms in total. The minimum Gasteiger partial charge on any atom is -0.483 e. The van der Waals surface area contributed by atoms with Gasteiger partial charge in [0.05, 0.1) is 16.5 Å². The molecule has 0 radical (unpaired) electrons. The van der Waals surface area contributed by atoms with E-state index < -0.39 is 42.2 Å². The van der Waals surface area contributed by atoms with Crippen LogP contribution in [-0.2, 0) is 32.1 Å². The van der Waals surface area contributed by atoms with Crippen LogP contribution in [0.2, 0.25) is 0 Å². The lowest BCUT2D eigenvalue weighted by Crippen LogP contribution is -2.47. The second-order valence-electron chi connectivity index (χ2n) is 7.56. The highest BCUT2D eigenvalue weighted by Crippen LogP contribution is 2.35.